The molecule has 1 aromatic rings. The van der Waals surface area contributed by atoms with E-state index in [1.807, 2.05) is 0 Å². The van der Waals surface area contributed by atoms with Crippen LogP contribution in [0.25, 0.3) is 6.08 Å². The smallest absolute Gasteiger partial charge is 0.330 e. The van der Waals surface area contributed by atoms with Gasteiger partial charge in [-0.3, -0.25) is 0 Å². The van der Waals surface area contributed by atoms with Crippen LogP contribution in [-0.2, 0) is 9.53 Å². The highest BCUT2D eigenvalue weighted by Crippen LogP contribution is 2.24. The number of rotatable bonds is 5. The molecule has 0 radical (unpaired) electrons. The zero-order valence-electron chi connectivity index (χ0n) is 10.2. The molecule has 0 saturated carbocycles. The first-order chi connectivity index (χ1) is 8.21. The zero-order valence-corrected chi connectivity index (χ0v) is 10.2. The highest BCUT2D eigenvalue weighted by Gasteiger charge is 2.02. The van der Waals surface area contributed by atoms with Crippen molar-refractivity contribution in [2.24, 2.45) is 0 Å². The van der Waals surface area contributed by atoms with E-state index in [1.54, 1.807) is 45.4 Å². The molecule has 0 aliphatic heterocycles. The van der Waals surface area contributed by atoms with E-state index in [0.29, 0.717) is 18.1 Å². The number of benzene rings is 1. The van der Waals surface area contributed by atoms with Crippen LogP contribution in [0.5, 0.6) is 11.5 Å². The monoisotopic (exact) mass is 236 g/mol. The van der Waals surface area contributed by atoms with Crippen molar-refractivity contribution < 1.29 is 19.0 Å². The van der Waals surface area contributed by atoms with Gasteiger partial charge in [-0.25, -0.2) is 4.79 Å². The van der Waals surface area contributed by atoms with Gasteiger partial charge in [-0.15, -0.1) is 0 Å². The second-order valence-corrected chi connectivity index (χ2v) is 3.19. The van der Waals surface area contributed by atoms with Crippen LogP contribution < -0.4 is 9.47 Å². The van der Waals surface area contributed by atoms with Crippen LogP contribution in [0.1, 0.15) is 12.5 Å². The molecule has 0 heterocycles. The first kappa shape index (κ1) is 13.1. The lowest BCUT2D eigenvalue weighted by atomic mass is 10.1. The predicted octanol–water partition coefficient (Wildman–Crippen LogP) is 2.28. The summed E-state index contributed by atoms with van der Waals surface area (Å²) in [6, 6.07) is 5.36. The minimum Gasteiger partial charge on any atom is -0.497 e. The topological polar surface area (TPSA) is 44.8 Å². The Labute approximate surface area is 101 Å². The molecular weight excluding hydrogens is 220 g/mol. The Morgan fingerprint density at radius 3 is 2.65 bits per heavy atom. The van der Waals surface area contributed by atoms with Crippen LogP contribution in [0, 0.1) is 0 Å². The summed E-state index contributed by atoms with van der Waals surface area (Å²) >= 11 is 0. The van der Waals surface area contributed by atoms with Gasteiger partial charge in [-0.1, -0.05) is 0 Å². The van der Waals surface area contributed by atoms with Crippen molar-refractivity contribution in [1.29, 1.82) is 0 Å². The number of carbonyl (C=O) groups excluding carboxylic acids is 1. The van der Waals surface area contributed by atoms with Crippen molar-refractivity contribution in [3.05, 3.63) is 29.8 Å². The molecule has 0 unspecified atom stereocenters. The molecule has 0 aliphatic carbocycles. The quantitative estimate of drug-likeness (QED) is 0.581. The number of hydrogen-bond donors (Lipinski definition) is 0. The summed E-state index contributed by atoms with van der Waals surface area (Å²) in [4.78, 5) is 11.2. The summed E-state index contributed by atoms with van der Waals surface area (Å²) in [6.45, 7) is 2.12. The Morgan fingerprint density at radius 2 is 2.06 bits per heavy atom. The minimum atomic E-state index is -0.377. The summed E-state index contributed by atoms with van der Waals surface area (Å²) < 4.78 is 15.1. The van der Waals surface area contributed by atoms with Crippen molar-refractivity contribution in [2.45, 2.75) is 6.92 Å². The molecule has 1 aromatic carbocycles. The van der Waals surface area contributed by atoms with Gasteiger partial charge in [0.1, 0.15) is 11.5 Å². The number of carbonyl (C=O) groups is 1. The van der Waals surface area contributed by atoms with Crippen molar-refractivity contribution in [1.82, 2.24) is 0 Å². The van der Waals surface area contributed by atoms with Gasteiger partial charge >= 0.3 is 5.97 Å². The fourth-order valence-electron chi connectivity index (χ4n) is 1.32. The van der Waals surface area contributed by atoms with Crippen molar-refractivity contribution in [2.75, 3.05) is 20.8 Å². The first-order valence-electron chi connectivity index (χ1n) is 5.28. The highest BCUT2D eigenvalue weighted by molar-refractivity contribution is 5.87. The van der Waals surface area contributed by atoms with E-state index in [9.17, 15) is 4.79 Å². The SMILES string of the molecule is CCOC(=O)/C=C/c1cc(OC)ccc1OC. The summed E-state index contributed by atoms with van der Waals surface area (Å²) in [5.74, 6) is 0.998. The first-order valence-corrected chi connectivity index (χ1v) is 5.28. The van der Waals surface area contributed by atoms with E-state index in [2.05, 4.69) is 0 Å². The standard InChI is InChI=1S/C13H16O4/c1-4-17-13(14)8-5-10-9-11(15-2)6-7-12(10)16-3/h5-9H,4H2,1-3H3/b8-5+. The van der Waals surface area contributed by atoms with E-state index in [-0.39, 0.29) is 5.97 Å². The average molecular weight is 236 g/mol. The molecule has 0 aliphatic rings. The van der Waals surface area contributed by atoms with E-state index in [1.165, 1.54) is 6.08 Å². The molecule has 0 fully saturated rings. The normalized spacial score (nSPS) is 10.3. The summed E-state index contributed by atoms with van der Waals surface area (Å²) in [7, 11) is 3.16. The van der Waals surface area contributed by atoms with Gasteiger partial charge in [0.25, 0.3) is 0 Å². The van der Waals surface area contributed by atoms with Gasteiger partial charge in [-0.05, 0) is 31.2 Å². The van der Waals surface area contributed by atoms with Gasteiger partial charge in [0, 0.05) is 11.6 Å². The number of hydrogen-bond acceptors (Lipinski definition) is 4. The van der Waals surface area contributed by atoms with Crippen molar-refractivity contribution in [3.8, 4) is 11.5 Å². The van der Waals surface area contributed by atoms with Gasteiger partial charge in [0.2, 0.25) is 0 Å². The zero-order chi connectivity index (χ0) is 12.7. The van der Waals surface area contributed by atoms with Crippen molar-refractivity contribution >= 4 is 12.0 Å². The van der Waals surface area contributed by atoms with Crippen LogP contribution in [0.15, 0.2) is 24.3 Å². The van der Waals surface area contributed by atoms with Crippen LogP contribution in [0.3, 0.4) is 0 Å². The summed E-state index contributed by atoms with van der Waals surface area (Å²) in [5, 5.41) is 0. The third-order valence-corrected chi connectivity index (χ3v) is 2.12. The third kappa shape index (κ3) is 3.83. The highest BCUT2D eigenvalue weighted by atomic mass is 16.5. The Kier molecular flexibility index (Phi) is 5.07. The number of ether oxygens (including phenoxy) is 3. The second-order valence-electron chi connectivity index (χ2n) is 3.19. The lowest BCUT2D eigenvalue weighted by Crippen LogP contribution is -1.98. The van der Waals surface area contributed by atoms with Crippen LogP contribution in [0.2, 0.25) is 0 Å². The summed E-state index contributed by atoms with van der Waals surface area (Å²) in [5.41, 5.74) is 0.764. The molecule has 0 spiro atoms. The largest absolute Gasteiger partial charge is 0.497 e. The second kappa shape index (κ2) is 6.58. The molecule has 0 aromatic heterocycles. The lowest BCUT2D eigenvalue weighted by Gasteiger charge is -2.06. The molecule has 0 saturated heterocycles. The van der Waals surface area contributed by atoms with E-state index < -0.39 is 0 Å². The lowest BCUT2D eigenvalue weighted by molar-refractivity contribution is -0.137. The van der Waals surface area contributed by atoms with Gasteiger partial charge in [-0.2, -0.15) is 0 Å². The van der Waals surface area contributed by atoms with Crippen LogP contribution in [-0.4, -0.2) is 26.8 Å². The minimum absolute atomic E-state index is 0.360. The summed E-state index contributed by atoms with van der Waals surface area (Å²) in [6.07, 6.45) is 3.00. The molecule has 92 valence electrons. The Balaban J connectivity index is 2.91. The molecule has 0 N–H and O–H groups in total. The molecule has 4 nitrogen and oxygen atoms in total. The average Bonchev–Trinajstić information content (AvgIpc) is 2.36. The van der Waals surface area contributed by atoms with Gasteiger partial charge < -0.3 is 14.2 Å². The van der Waals surface area contributed by atoms with E-state index in [4.69, 9.17) is 14.2 Å². The molecule has 1 rings (SSSR count). The Morgan fingerprint density at radius 1 is 1.29 bits per heavy atom. The van der Waals surface area contributed by atoms with Crippen LogP contribution in [0.4, 0.5) is 0 Å². The maximum atomic E-state index is 11.2. The molecule has 4 heteroatoms. The number of esters is 1. The molecule has 0 amide bonds. The predicted molar refractivity (Wildman–Crippen MR) is 65.2 cm³/mol. The molecule has 17 heavy (non-hydrogen) atoms. The number of methoxy groups -OCH3 is 2. The molecular formula is C13H16O4. The van der Waals surface area contributed by atoms with E-state index >= 15 is 0 Å². The van der Waals surface area contributed by atoms with Crippen molar-refractivity contribution in [3.63, 3.8) is 0 Å². The fraction of sp³-hybridized carbons (Fsp3) is 0.308. The Hall–Kier alpha value is -1.97. The maximum Gasteiger partial charge on any atom is 0.330 e. The molecule has 0 atom stereocenters. The molecule has 0 bridgehead atoms. The van der Waals surface area contributed by atoms with E-state index in [0.717, 1.165) is 5.56 Å². The van der Waals surface area contributed by atoms with Crippen LogP contribution >= 0.6 is 0 Å². The Bertz CT molecular complexity index is 410. The third-order valence-electron chi connectivity index (χ3n) is 2.12. The van der Waals surface area contributed by atoms with Gasteiger partial charge in [0.05, 0.1) is 20.8 Å². The fourth-order valence-corrected chi connectivity index (χ4v) is 1.32. The maximum absolute atomic E-state index is 11.2. The van der Waals surface area contributed by atoms with Gasteiger partial charge in [0.15, 0.2) is 0 Å².